The summed E-state index contributed by atoms with van der Waals surface area (Å²) in [6.07, 6.45) is 3.57. The van der Waals surface area contributed by atoms with Crippen LogP contribution in [0.2, 0.25) is 0 Å². The molecule has 0 unspecified atom stereocenters. The number of nitrogens with zero attached hydrogens (tertiary/aromatic N) is 2. The lowest BCUT2D eigenvalue weighted by Gasteiger charge is -2.09. The van der Waals surface area contributed by atoms with Gasteiger partial charge < -0.3 is 9.47 Å². The average molecular weight is 404 g/mol. The molecule has 2 N–H and O–H groups in total. The fourth-order valence-corrected chi connectivity index (χ4v) is 2.79. The van der Waals surface area contributed by atoms with Gasteiger partial charge in [-0.1, -0.05) is 36.4 Å². The number of aromatic amines is 1. The number of methoxy groups -OCH3 is 1. The molecular weight excluding hydrogens is 380 g/mol. The highest BCUT2D eigenvalue weighted by molar-refractivity contribution is 5.94. The van der Waals surface area contributed by atoms with E-state index < -0.39 is 0 Å². The molecule has 0 fully saturated rings. The summed E-state index contributed by atoms with van der Waals surface area (Å²) < 4.78 is 10.9. The number of aromatic nitrogens is 2. The van der Waals surface area contributed by atoms with E-state index in [1.54, 1.807) is 19.4 Å². The van der Waals surface area contributed by atoms with Gasteiger partial charge in [0.15, 0.2) is 11.5 Å². The molecule has 0 saturated carbocycles. The van der Waals surface area contributed by atoms with Crippen LogP contribution in [0.4, 0.5) is 0 Å². The molecule has 0 aliphatic carbocycles. The summed E-state index contributed by atoms with van der Waals surface area (Å²) in [6, 6.07) is 17.0. The SMILES string of the molecule is CCOc1ccc(-c2cc(C(=O)N/N=C/C(C)=C/c3ccccc3)[nH]n2)cc1OC. The Morgan fingerprint density at radius 1 is 1.17 bits per heavy atom. The Hall–Kier alpha value is -3.87. The topological polar surface area (TPSA) is 88.6 Å². The van der Waals surface area contributed by atoms with Crippen LogP contribution in [-0.2, 0) is 0 Å². The number of hydrogen-bond donors (Lipinski definition) is 2. The van der Waals surface area contributed by atoms with Gasteiger partial charge in [-0.15, -0.1) is 0 Å². The smallest absolute Gasteiger partial charge is 0.289 e. The van der Waals surface area contributed by atoms with Crippen LogP contribution in [0.5, 0.6) is 11.5 Å². The van der Waals surface area contributed by atoms with Gasteiger partial charge in [0, 0.05) is 5.56 Å². The molecule has 0 aliphatic heterocycles. The van der Waals surface area contributed by atoms with Crippen LogP contribution in [0.25, 0.3) is 17.3 Å². The Balaban J connectivity index is 1.66. The van der Waals surface area contributed by atoms with Crippen molar-refractivity contribution in [3.63, 3.8) is 0 Å². The summed E-state index contributed by atoms with van der Waals surface area (Å²) in [4.78, 5) is 12.3. The number of hydrogen-bond acceptors (Lipinski definition) is 5. The van der Waals surface area contributed by atoms with Gasteiger partial charge >= 0.3 is 0 Å². The molecule has 0 atom stereocenters. The molecule has 0 spiro atoms. The van der Waals surface area contributed by atoms with Crippen LogP contribution in [0.15, 0.2) is 65.3 Å². The van der Waals surface area contributed by atoms with E-state index in [1.807, 2.05) is 68.5 Å². The number of hydrazone groups is 1. The van der Waals surface area contributed by atoms with E-state index in [0.717, 1.165) is 16.7 Å². The molecule has 7 nitrogen and oxygen atoms in total. The zero-order valence-electron chi connectivity index (χ0n) is 17.2. The number of carbonyl (C=O) groups is 1. The number of carbonyl (C=O) groups excluding carboxylic acids is 1. The fraction of sp³-hybridized carbons (Fsp3) is 0.174. The minimum absolute atomic E-state index is 0.305. The molecule has 30 heavy (non-hydrogen) atoms. The summed E-state index contributed by atoms with van der Waals surface area (Å²) in [5, 5.41) is 11.0. The van der Waals surface area contributed by atoms with E-state index in [2.05, 4.69) is 20.7 Å². The van der Waals surface area contributed by atoms with E-state index in [1.165, 1.54) is 0 Å². The van der Waals surface area contributed by atoms with Gasteiger partial charge in [0.1, 0.15) is 5.69 Å². The van der Waals surface area contributed by atoms with Crippen molar-refractivity contribution in [2.45, 2.75) is 13.8 Å². The highest BCUT2D eigenvalue weighted by atomic mass is 16.5. The van der Waals surface area contributed by atoms with Gasteiger partial charge in [0.2, 0.25) is 0 Å². The third-order valence-electron chi connectivity index (χ3n) is 4.21. The first-order valence-corrected chi connectivity index (χ1v) is 9.54. The van der Waals surface area contributed by atoms with Crippen LogP contribution in [0.3, 0.4) is 0 Å². The van der Waals surface area contributed by atoms with Gasteiger partial charge in [-0.25, -0.2) is 5.43 Å². The van der Waals surface area contributed by atoms with Crippen LogP contribution in [0.1, 0.15) is 29.9 Å². The highest BCUT2D eigenvalue weighted by Gasteiger charge is 2.13. The molecule has 3 rings (SSSR count). The van der Waals surface area contributed by atoms with E-state index >= 15 is 0 Å². The zero-order valence-corrected chi connectivity index (χ0v) is 17.2. The summed E-state index contributed by atoms with van der Waals surface area (Å²) in [5.41, 5.74) is 6.20. The van der Waals surface area contributed by atoms with Crippen molar-refractivity contribution in [3.8, 4) is 22.8 Å². The lowest BCUT2D eigenvalue weighted by molar-refractivity contribution is 0.0950. The van der Waals surface area contributed by atoms with Crippen LogP contribution in [0, 0.1) is 0 Å². The molecule has 3 aromatic rings. The molecule has 1 amide bonds. The van der Waals surface area contributed by atoms with Crippen molar-refractivity contribution in [1.82, 2.24) is 15.6 Å². The molecule has 2 aromatic carbocycles. The third kappa shape index (κ3) is 5.35. The van der Waals surface area contributed by atoms with Crippen molar-refractivity contribution in [2.75, 3.05) is 13.7 Å². The first-order valence-electron chi connectivity index (χ1n) is 9.54. The molecule has 154 valence electrons. The second kappa shape index (κ2) is 10.1. The number of nitrogens with one attached hydrogen (secondary N) is 2. The predicted molar refractivity (Wildman–Crippen MR) is 118 cm³/mol. The van der Waals surface area contributed by atoms with E-state index in [4.69, 9.17) is 9.47 Å². The van der Waals surface area contributed by atoms with Crippen molar-refractivity contribution < 1.29 is 14.3 Å². The standard InChI is InChI=1S/C23H24N4O3/c1-4-30-21-11-10-18(13-22(21)29-3)19-14-20(26-25-19)23(28)27-24-15-16(2)12-17-8-6-5-7-9-17/h5-15H,4H2,1-3H3,(H,25,26)(H,27,28)/b16-12+,24-15+. The molecule has 0 radical (unpaired) electrons. The quantitative estimate of drug-likeness (QED) is 0.433. The molecule has 7 heteroatoms. The normalized spacial score (nSPS) is 11.5. The number of H-pyrrole nitrogens is 1. The summed E-state index contributed by atoms with van der Waals surface area (Å²) in [6.45, 7) is 4.37. The van der Waals surface area contributed by atoms with Gasteiger partial charge in [0.05, 0.1) is 25.6 Å². The van der Waals surface area contributed by atoms with Crippen molar-refractivity contribution in [3.05, 3.63) is 71.4 Å². The molecule has 0 saturated heterocycles. The lowest BCUT2D eigenvalue weighted by Crippen LogP contribution is -2.17. The minimum Gasteiger partial charge on any atom is -0.493 e. The lowest BCUT2D eigenvalue weighted by atomic mass is 10.1. The van der Waals surface area contributed by atoms with E-state index in [-0.39, 0.29) is 5.91 Å². The summed E-state index contributed by atoms with van der Waals surface area (Å²) >= 11 is 0. The molecule has 0 bridgehead atoms. The summed E-state index contributed by atoms with van der Waals surface area (Å²) in [7, 11) is 1.58. The number of allylic oxidation sites excluding steroid dienone is 1. The Labute approximate surface area is 175 Å². The molecular formula is C23H24N4O3. The second-order valence-electron chi connectivity index (χ2n) is 6.46. The number of benzene rings is 2. The van der Waals surface area contributed by atoms with Crippen LogP contribution < -0.4 is 14.9 Å². The maximum atomic E-state index is 12.3. The third-order valence-corrected chi connectivity index (χ3v) is 4.21. The largest absolute Gasteiger partial charge is 0.493 e. The van der Waals surface area contributed by atoms with Gasteiger partial charge in [-0.3, -0.25) is 9.89 Å². The van der Waals surface area contributed by atoms with Crippen molar-refractivity contribution >= 4 is 18.2 Å². The minimum atomic E-state index is -0.379. The predicted octanol–water partition coefficient (Wildman–Crippen LogP) is 4.30. The van der Waals surface area contributed by atoms with Gasteiger partial charge in [-0.05, 0) is 49.2 Å². The molecule has 1 aromatic heterocycles. The first-order chi connectivity index (χ1) is 14.6. The first kappa shape index (κ1) is 20.9. The highest BCUT2D eigenvalue weighted by Crippen LogP contribution is 2.32. The van der Waals surface area contributed by atoms with E-state index in [9.17, 15) is 4.79 Å². The van der Waals surface area contributed by atoms with Gasteiger partial charge in [0.25, 0.3) is 5.91 Å². The molecule has 0 aliphatic rings. The van der Waals surface area contributed by atoms with Crippen LogP contribution in [-0.4, -0.2) is 36.0 Å². The second-order valence-corrected chi connectivity index (χ2v) is 6.46. The number of ether oxygens (including phenoxy) is 2. The Bertz CT molecular complexity index is 1060. The van der Waals surface area contributed by atoms with Crippen LogP contribution >= 0.6 is 0 Å². The van der Waals surface area contributed by atoms with Crippen molar-refractivity contribution in [2.24, 2.45) is 5.10 Å². The maximum absolute atomic E-state index is 12.3. The maximum Gasteiger partial charge on any atom is 0.289 e. The van der Waals surface area contributed by atoms with E-state index in [0.29, 0.717) is 29.5 Å². The molecule has 1 heterocycles. The monoisotopic (exact) mass is 404 g/mol. The van der Waals surface area contributed by atoms with Crippen molar-refractivity contribution in [1.29, 1.82) is 0 Å². The fourth-order valence-electron chi connectivity index (χ4n) is 2.79. The Morgan fingerprint density at radius 2 is 1.97 bits per heavy atom. The van der Waals surface area contributed by atoms with Gasteiger partial charge in [-0.2, -0.15) is 10.2 Å². The summed E-state index contributed by atoms with van der Waals surface area (Å²) in [5.74, 6) is 0.884. The Kier molecular flexibility index (Phi) is 7.00. The number of rotatable bonds is 8. The Morgan fingerprint density at radius 3 is 2.70 bits per heavy atom. The average Bonchev–Trinajstić information content (AvgIpc) is 3.25. The zero-order chi connectivity index (χ0) is 21.3. The number of amides is 1.